The van der Waals surface area contributed by atoms with Crippen molar-refractivity contribution in [3.63, 3.8) is 0 Å². The molecule has 0 saturated heterocycles. The SMILES string of the molecule is COc1ccc(NC(=O)c2nnn(-c3ccc(C)cc3)c2C)cc1NC(=O)OC(C)(C)C. The molecule has 168 valence electrons. The number of methoxy groups -OCH3 is 1. The van der Waals surface area contributed by atoms with E-state index < -0.39 is 17.6 Å². The van der Waals surface area contributed by atoms with Crippen molar-refractivity contribution in [1.82, 2.24) is 15.0 Å². The number of benzene rings is 2. The molecule has 0 aliphatic carbocycles. The van der Waals surface area contributed by atoms with Crippen LogP contribution in [0.1, 0.15) is 42.5 Å². The van der Waals surface area contributed by atoms with Crippen LogP contribution in [0, 0.1) is 13.8 Å². The molecule has 0 fully saturated rings. The molecule has 0 saturated carbocycles. The summed E-state index contributed by atoms with van der Waals surface area (Å²) in [6.07, 6.45) is -0.629. The quantitative estimate of drug-likeness (QED) is 0.609. The van der Waals surface area contributed by atoms with Gasteiger partial charge in [-0.2, -0.15) is 0 Å². The lowest BCUT2D eigenvalue weighted by Crippen LogP contribution is -2.27. The van der Waals surface area contributed by atoms with E-state index in [0.29, 0.717) is 22.8 Å². The van der Waals surface area contributed by atoms with E-state index in [-0.39, 0.29) is 5.69 Å². The van der Waals surface area contributed by atoms with Crippen LogP contribution >= 0.6 is 0 Å². The van der Waals surface area contributed by atoms with E-state index in [4.69, 9.17) is 9.47 Å². The van der Waals surface area contributed by atoms with Crippen LogP contribution in [0.25, 0.3) is 5.69 Å². The van der Waals surface area contributed by atoms with Crippen LogP contribution in [0.2, 0.25) is 0 Å². The second kappa shape index (κ2) is 9.09. The minimum absolute atomic E-state index is 0.197. The van der Waals surface area contributed by atoms with Gasteiger partial charge in [-0.3, -0.25) is 10.1 Å². The molecule has 9 heteroatoms. The lowest BCUT2D eigenvalue weighted by Gasteiger charge is -2.20. The summed E-state index contributed by atoms with van der Waals surface area (Å²) in [5, 5.41) is 13.6. The van der Waals surface area contributed by atoms with Gasteiger partial charge >= 0.3 is 6.09 Å². The highest BCUT2D eigenvalue weighted by atomic mass is 16.6. The van der Waals surface area contributed by atoms with Gasteiger partial charge in [0.2, 0.25) is 0 Å². The lowest BCUT2D eigenvalue weighted by molar-refractivity contribution is 0.0635. The van der Waals surface area contributed by atoms with E-state index in [1.807, 2.05) is 31.2 Å². The summed E-state index contributed by atoms with van der Waals surface area (Å²) in [5.41, 5.74) is 2.90. The van der Waals surface area contributed by atoms with Crippen LogP contribution in [-0.4, -0.2) is 39.7 Å². The summed E-state index contributed by atoms with van der Waals surface area (Å²) >= 11 is 0. The summed E-state index contributed by atoms with van der Waals surface area (Å²) in [7, 11) is 1.49. The normalized spacial score (nSPS) is 11.1. The number of hydrogen-bond acceptors (Lipinski definition) is 6. The molecule has 9 nitrogen and oxygen atoms in total. The third-order valence-corrected chi connectivity index (χ3v) is 4.48. The number of aromatic nitrogens is 3. The summed E-state index contributed by atoms with van der Waals surface area (Å²) in [6.45, 7) is 9.08. The lowest BCUT2D eigenvalue weighted by atomic mass is 10.2. The molecular weight excluding hydrogens is 410 g/mol. The van der Waals surface area contributed by atoms with Crippen molar-refractivity contribution in [3.8, 4) is 11.4 Å². The van der Waals surface area contributed by atoms with Crippen LogP contribution in [0.4, 0.5) is 16.2 Å². The molecular formula is C23H27N5O4. The second-order valence-corrected chi connectivity index (χ2v) is 8.27. The van der Waals surface area contributed by atoms with Gasteiger partial charge in [-0.25, -0.2) is 9.48 Å². The average molecular weight is 438 g/mol. The van der Waals surface area contributed by atoms with Gasteiger partial charge in [0, 0.05) is 5.69 Å². The van der Waals surface area contributed by atoms with Crippen LogP contribution in [0.3, 0.4) is 0 Å². The zero-order valence-electron chi connectivity index (χ0n) is 19.0. The van der Waals surface area contributed by atoms with Crippen LogP contribution < -0.4 is 15.4 Å². The molecule has 1 aromatic heterocycles. The van der Waals surface area contributed by atoms with Gasteiger partial charge < -0.3 is 14.8 Å². The summed E-state index contributed by atoms with van der Waals surface area (Å²) in [4.78, 5) is 25.0. The molecule has 0 radical (unpaired) electrons. The van der Waals surface area contributed by atoms with E-state index in [1.165, 1.54) is 7.11 Å². The van der Waals surface area contributed by atoms with Gasteiger partial charge in [-0.05, 0) is 65.0 Å². The summed E-state index contributed by atoms with van der Waals surface area (Å²) in [6, 6.07) is 12.6. The Morgan fingerprint density at radius 2 is 1.69 bits per heavy atom. The fourth-order valence-corrected chi connectivity index (χ4v) is 2.96. The number of carbonyl (C=O) groups excluding carboxylic acids is 2. The summed E-state index contributed by atoms with van der Waals surface area (Å²) in [5.74, 6) is 0.00426. The molecule has 32 heavy (non-hydrogen) atoms. The number of anilines is 2. The molecule has 3 rings (SSSR count). The molecule has 0 aliphatic rings. The Morgan fingerprint density at radius 3 is 2.31 bits per heavy atom. The number of amides is 2. The Morgan fingerprint density at radius 1 is 1.00 bits per heavy atom. The molecule has 2 aromatic carbocycles. The number of carbonyl (C=O) groups is 2. The van der Waals surface area contributed by atoms with E-state index >= 15 is 0 Å². The number of nitrogens with one attached hydrogen (secondary N) is 2. The molecule has 0 aliphatic heterocycles. The first-order valence-corrected chi connectivity index (χ1v) is 10.1. The molecule has 3 aromatic rings. The van der Waals surface area contributed by atoms with Crippen LogP contribution in [-0.2, 0) is 4.74 Å². The van der Waals surface area contributed by atoms with Gasteiger partial charge in [0.25, 0.3) is 5.91 Å². The number of nitrogens with zero attached hydrogens (tertiary/aromatic N) is 3. The van der Waals surface area contributed by atoms with E-state index in [0.717, 1.165) is 11.3 Å². The highest BCUT2D eigenvalue weighted by Crippen LogP contribution is 2.29. The van der Waals surface area contributed by atoms with Gasteiger partial charge in [0.1, 0.15) is 11.4 Å². The maximum atomic E-state index is 12.8. The van der Waals surface area contributed by atoms with Crippen molar-refractivity contribution < 1.29 is 19.1 Å². The Labute approximate surface area is 186 Å². The largest absolute Gasteiger partial charge is 0.495 e. The number of aryl methyl sites for hydroxylation is 1. The maximum absolute atomic E-state index is 12.8. The van der Waals surface area contributed by atoms with Gasteiger partial charge in [-0.1, -0.05) is 22.9 Å². The van der Waals surface area contributed by atoms with Crippen molar-refractivity contribution in [2.75, 3.05) is 17.7 Å². The minimum atomic E-state index is -0.649. The van der Waals surface area contributed by atoms with E-state index in [2.05, 4.69) is 20.9 Å². The van der Waals surface area contributed by atoms with Crippen molar-refractivity contribution in [1.29, 1.82) is 0 Å². The maximum Gasteiger partial charge on any atom is 0.412 e. The number of rotatable bonds is 5. The first-order valence-electron chi connectivity index (χ1n) is 10.1. The van der Waals surface area contributed by atoms with Gasteiger partial charge in [-0.15, -0.1) is 5.10 Å². The van der Waals surface area contributed by atoms with E-state index in [1.54, 1.807) is 50.6 Å². The highest BCUT2D eigenvalue weighted by Gasteiger charge is 2.20. The Bertz CT molecular complexity index is 1130. The van der Waals surface area contributed by atoms with Crippen molar-refractivity contribution >= 4 is 23.4 Å². The molecule has 0 unspecified atom stereocenters. The third-order valence-electron chi connectivity index (χ3n) is 4.48. The van der Waals surface area contributed by atoms with Gasteiger partial charge in [0.05, 0.1) is 24.2 Å². The van der Waals surface area contributed by atoms with Crippen molar-refractivity contribution in [2.45, 2.75) is 40.2 Å². The summed E-state index contributed by atoms with van der Waals surface area (Å²) < 4.78 is 12.2. The molecule has 2 amide bonds. The number of ether oxygens (including phenoxy) is 2. The van der Waals surface area contributed by atoms with Gasteiger partial charge in [0.15, 0.2) is 5.69 Å². The van der Waals surface area contributed by atoms with Crippen molar-refractivity contribution in [3.05, 3.63) is 59.4 Å². The Balaban J connectivity index is 1.79. The van der Waals surface area contributed by atoms with E-state index in [9.17, 15) is 9.59 Å². The standard InChI is InChI=1S/C23H27N5O4/c1-14-7-10-17(11-8-14)28-15(2)20(26-27-28)21(29)24-16-9-12-19(31-6)18(13-16)25-22(30)32-23(3,4)5/h7-13H,1-6H3,(H,24,29)(H,25,30). The first-order chi connectivity index (χ1) is 15.1. The van der Waals surface area contributed by atoms with Crippen LogP contribution in [0.5, 0.6) is 5.75 Å². The van der Waals surface area contributed by atoms with Crippen molar-refractivity contribution in [2.24, 2.45) is 0 Å². The Kier molecular flexibility index (Phi) is 6.47. The zero-order chi connectivity index (χ0) is 23.5. The molecule has 1 heterocycles. The van der Waals surface area contributed by atoms with Crippen LogP contribution in [0.15, 0.2) is 42.5 Å². The second-order valence-electron chi connectivity index (χ2n) is 8.27. The zero-order valence-corrected chi connectivity index (χ0v) is 19.0. The predicted octanol–water partition coefficient (Wildman–Crippen LogP) is 4.49. The minimum Gasteiger partial charge on any atom is -0.495 e. The first kappa shape index (κ1) is 22.8. The Hall–Kier alpha value is -3.88. The predicted molar refractivity (Wildman–Crippen MR) is 122 cm³/mol. The molecule has 0 atom stereocenters. The monoisotopic (exact) mass is 437 g/mol. The average Bonchev–Trinajstić information content (AvgIpc) is 3.09. The molecule has 2 N–H and O–H groups in total. The fourth-order valence-electron chi connectivity index (χ4n) is 2.96. The highest BCUT2D eigenvalue weighted by molar-refractivity contribution is 6.04. The molecule has 0 spiro atoms. The topological polar surface area (TPSA) is 107 Å². The third kappa shape index (κ3) is 5.42. The smallest absolute Gasteiger partial charge is 0.412 e. The fraction of sp³-hybridized carbons (Fsp3) is 0.304. The molecule has 0 bridgehead atoms. The number of hydrogen-bond donors (Lipinski definition) is 2.